The molecule has 0 aliphatic carbocycles. The van der Waals surface area contributed by atoms with Crippen LogP contribution in [0.1, 0.15) is 24.5 Å². The molecule has 0 aliphatic heterocycles. The standard InChI is InChI=1S/C20H20O3/c1-16(12-13-17-8-4-2-5-9-17)20(22)23-19(21)15-14-18-10-6-3-7-11-18/h2-11,14-16H,12-13H2,1H3. The van der Waals surface area contributed by atoms with Crippen molar-refractivity contribution < 1.29 is 14.3 Å². The van der Waals surface area contributed by atoms with Crippen LogP contribution in [0.4, 0.5) is 0 Å². The predicted octanol–water partition coefficient (Wildman–Crippen LogP) is 4.04. The normalized spacial score (nSPS) is 12.0. The Kier molecular flexibility index (Phi) is 6.30. The zero-order valence-electron chi connectivity index (χ0n) is 13.1. The van der Waals surface area contributed by atoms with E-state index in [9.17, 15) is 9.59 Å². The monoisotopic (exact) mass is 308 g/mol. The minimum atomic E-state index is -0.634. The molecule has 0 heterocycles. The van der Waals surface area contributed by atoms with Gasteiger partial charge in [0.05, 0.1) is 5.92 Å². The van der Waals surface area contributed by atoms with E-state index in [1.807, 2.05) is 60.7 Å². The van der Waals surface area contributed by atoms with Crippen LogP contribution in [0.15, 0.2) is 66.7 Å². The molecule has 23 heavy (non-hydrogen) atoms. The first-order valence-corrected chi connectivity index (χ1v) is 7.68. The molecule has 0 saturated heterocycles. The van der Waals surface area contributed by atoms with Gasteiger partial charge >= 0.3 is 11.9 Å². The average molecular weight is 308 g/mol. The second-order valence-electron chi connectivity index (χ2n) is 5.41. The van der Waals surface area contributed by atoms with Crippen LogP contribution < -0.4 is 0 Å². The summed E-state index contributed by atoms with van der Waals surface area (Å²) in [6, 6.07) is 19.3. The first-order valence-electron chi connectivity index (χ1n) is 7.68. The molecule has 0 amide bonds. The van der Waals surface area contributed by atoms with E-state index >= 15 is 0 Å². The van der Waals surface area contributed by atoms with Crippen LogP contribution in [-0.2, 0) is 20.7 Å². The lowest BCUT2D eigenvalue weighted by Gasteiger charge is -2.09. The average Bonchev–Trinajstić information content (AvgIpc) is 2.59. The van der Waals surface area contributed by atoms with Gasteiger partial charge in [0.25, 0.3) is 0 Å². The van der Waals surface area contributed by atoms with E-state index in [0.717, 1.165) is 12.0 Å². The lowest BCUT2D eigenvalue weighted by Crippen LogP contribution is -2.18. The van der Waals surface area contributed by atoms with Gasteiger partial charge < -0.3 is 4.74 Å². The minimum Gasteiger partial charge on any atom is -0.390 e. The summed E-state index contributed by atoms with van der Waals surface area (Å²) < 4.78 is 4.86. The Morgan fingerprint density at radius 1 is 1.00 bits per heavy atom. The summed E-state index contributed by atoms with van der Waals surface area (Å²) >= 11 is 0. The zero-order valence-corrected chi connectivity index (χ0v) is 13.1. The quantitative estimate of drug-likeness (QED) is 0.459. The van der Waals surface area contributed by atoms with E-state index in [1.54, 1.807) is 13.0 Å². The molecule has 0 saturated carbocycles. The molecule has 0 aliphatic rings. The van der Waals surface area contributed by atoms with Gasteiger partial charge in [0, 0.05) is 6.08 Å². The third-order valence-electron chi connectivity index (χ3n) is 3.52. The highest BCUT2D eigenvalue weighted by Gasteiger charge is 2.16. The number of rotatable bonds is 6. The largest absolute Gasteiger partial charge is 0.390 e. The lowest BCUT2D eigenvalue weighted by atomic mass is 10.0. The summed E-state index contributed by atoms with van der Waals surface area (Å²) in [5.41, 5.74) is 2.05. The maximum Gasteiger partial charge on any atom is 0.338 e. The summed E-state index contributed by atoms with van der Waals surface area (Å²) in [5.74, 6) is -1.43. The Hall–Kier alpha value is -2.68. The summed E-state index contributed by atoms with van der Waals surface area (Å²) in [6.45, 7) is 1.78. The molecule has 0 radical (unpaired) electrons. The van der Waals surface area contributed by atoms with Crippen molar-refractivity contribution in [3.05, 3.63) is 77.9 Å². The molecule has 2 rings (SSSR count). The number of hydrogen-bond donors (Lipinski definition) is 0. The Morgan fingerprint density at radius 3 is 2.26 bits per heavy atom. The van der Waals surface area contributed by atoms with Gasteiger partial charge in [-0.15, -0.1) is 0 Å². The molecule has 3 nitrogen and oxygen atoms in total. The topological polar surface area (TPSA) is 43.4 Å². The lowest BCUT2D eigenvalue weighted by molar-refractivity contribution is -0.159. The zero-order chi connectivity index (χ0) is 16.5. The molecule has 2 aromatic rings. The number of benzene rings is 2. The third kappa shape index (κ3) is 5.91. The molecule has 3 heteroatoms. The van der Waals surface area contributed by atoms with Gasteiger partial charge in [-0.2, -0.15) is 0 Å². The fourth-order valence-corrected chi connectivity index (χ4v) is 2.11. The number of aryl methyl sites for hydroxylation is 1. The summed E-state index contributed by atoms with van der Waals surface area (Å²) in [4.78, 5) is 23.6. The maximum absolute atomic E-state index is 11.9. The highest BCUT2D eigenvalue weighted by Crippen LogP contribution is 2.11. The summed E-state index contributed by atoms with van der Waals surface area (Å²) in [5, 5.41) is 0. The van der Waals surface area contributed by atoms with Crippen molar-refractivity contribution in [3.8, 4) is 0 Å². The van der Waals surface area contributed by atoms with Gasteiger partial charge in [0.2, 0.25) is 0 Å². The van der Waals surface area contributed by atoms with Crippen LogP contribution in [0.2, 0.25) is 0 Å². The van der Waals surface area contributed by atoms with Crippen molar-refractivity contribution in [2.75, 3.05) is 0 Å². The SMILES string of the molecule is CC(CCc1ccccc1)C(=O)OC(=O)C=Cc1ccccc1. The minimum absolute atomic E-state index is 0.315. The predicted molar refractivity (Wildman–Crippen MR) is 90.5 cm³/mol. The molecule has 0 fully saturated rings. The molecular weight excluding hydrogens is 288 g/mol. The Bertz CT molecular complexity index is 660. The molecule has 0 spiro atoms. The first kappa shape index (κ1) is 16.7. The van der Waals surface area contributed by atoms with E-state index in [2.05, 4.69) is 0 Å². The number of carbonyl (C=O) groups is 2. The Morgan fingerprint density at radius 2 is 1.61 bits per heavy atom. The van der Waals surface area contributed by atoms with Crippen molar-refractivity contribution in [2.45, 2.75) is 19.8 Å². The molecule has 1 unspecified atom stereocenters. The van der Waals surface area contributed by atoms with Crippen molar-refractivity contribution >= 4 is 18.0 Å². The van der Waals surface area contributed by atoms with E-state index in [4.69, 9.17) is 4.74 Å². The maximum atomic E-state index is 11.9. The van der Waals surface area contributed by atoms with Gasteiger partial charge in [-0.3, -0.25) is 4.79 Å². The second kappa shape index (κ2) is 8.69. The van der Waals surface area contributed by atoms with Crippen molar-refractivity contribution in [1.29, 1.82) is 0 Å². The first-order chi connectivity index (χ1) is 11.1. The van der Waals surface area contributed by atoms with E-state index in [1.165, 1.54) is 11.6 Å². The molecule has 118 valence electrons. The van der Waals surface area contributed by atoms with Gasteiger partial charge in [0.1, 0.15) is 0 Å². The van der Waals surface area contributed by atoms with Crippen molar-refractivity contribution in [2.24, 2.45) is 5.92 Å². The second-order valence-corrected chi connectivity index (χ2v) is 5.41. The van der Waals surface area contributed by atoms with Gasteiger partial charge in [-0.1, -0.05) is 67.6 Å². The van der Waals surface area contributed by atoms with Crippen LogP contribution in [0.5, 0.6) is 0 Å². The Balaban J connectivity index is 1.78. The van der Waals surface area contributed by atoms with Gasteiger partial charge in [-0.25, -0.2) is 4.79 Å². The fraction of sp³-hybridized carbons (Fsp3) is 0.200. The highest BCUT2D eigenvalue weighted by molar-refractivity contribution is 5.95. The Labute approximate surface area is 136 Å². The van der Waals surface area contributed by atoms with Gasteiger partial charge in [0.15, 0.2) is 0 Å². The highest BCUT2D eigenvalue weighted by atomic mass is 16.6. The van der Waals surface area contributed by atoms with Crippen LogP contribution in [0.3, 0.4) is 0 Å². The van der Waals surface area contributed by atoms with Crippen LogP contribution >= 0.6 is 0 Å². The number of esters is 2. The summed E-state index contributed by atoms with van der Waals surface area (Å²) in [7, 11) is 0. The molecule has 0 bridgehead atoms. The van der Waals surface area contributed by atoms with Crippen molar-refractivity contribution in [3.63, 3.8) is 0 Å². The fourth-order valence-electron chi connectivity index (χ4n) is 2.11. The van der Waals surface area contributed by atoms with Crippen LogP contribution in [-0.4, -0.2) is 11.9 Å². The third-order valence-corrected chi connectivity index (χ3v) is 3.52. The molecule has 0 aromatic heterocycles. The van der Waals surface area contributed by atoms with E-state index in [-0.39, 0.29) is 5.92 Å². The van der Waals surface area contributed by atoms with Crippen LogP contribution in [0, 0.1) is 5.92 Å². The number of carbonyl (C=O) groups excluding carboxylic acids is 2. The summed E-state index contributed by atoms with van der Waals surface area (Å²) in [6.07, 6.45) is 4.34. The molecule has 0 N–H and O–H groups in total. The molecular formula is C20H20O3. The number of hydrogen-bond acceptors (Lipinski definition) is 3. The van der Waals surface area contributed by atoms with E-state index in [0.29, 0.717) is 6.42 Å². The van der Waals surface area contributed by atoms with Crippen LogP contribution in [0.25, 0.3) is 6.08 Å². The smallest absolute Gasteiger partial charge is 0.338 e. The van der Waals surface area contributed by atoms with Gasteiger partial charge in [-0.05, 0) is 30.0 Å². The molecule has 1 atom stereocenters. The van der Waals surface area contributed by atoms with Crippen molar-refractivity contribution in [1.82, 2.24) is 0 Å². The molecule has 2 aromatic carbocycles. The number of ether oxygens (including phenoxy) is 1. The van der Waals surface area contributed by atoms with E-state index < -0.39 is 11.9 Å².